The Kier molecular flexibility index (Phi) is 10.3. The van der Waals surface area contributed by atoms with E-state index in [1.165, 1.54) is 0 Å². The highest BCUT2D eigenvalue weighted by molar-refractivity contribution is 5.86. The van der Waals surface area contributed by atoms with Gasteiger partial charge in [-0.1, -0.05) is 76.8 Å². The number of esters is 2. The molecule has 0 aromatic heterocycles. The van der Waals surface area contributed by atoms with Crippen LogP contribution >= 0.6 is 0 Å². The maximum Gasteiger partial charge on any atom is 0.355 e. The molecule has 0 fully saturated rings. The summed E-state index contributed by atoms with van der Waals surface area (Å²) in [6.45, 7) is 5.95. The molecule has 1 unspecified atom stereocenters. The zero-order chi connectivity index (χ0) is 21.0. The largest absolute Gasteiger partial charge is 0.481 e. The number of carboxylic acids is 1. The van der Waals surface area contributed by atoms with Gasteiger partial charge in [-0.05, 0) is 6.42 Å². The Hall–Kier alpha value is -2.37. The second kappa shape index (κ2) is 12.2. The molecule has 6 heteroatoms. The van der Waals surface area contributed by atoms with Crippen molar-refractivity contribution >= 4 is 17.9 Å². The number of carbonyl (C=O) groups is 3. The molecule has 0 spiro atoms. The number of rotatable bonds is 13. The summed E-state index contributed by atoms with van der Waals surface area (Å²) in [5.41, 5.74) is -1.08. The van der Waals surface area contributed by atoms with E-state index in [1.807, 2.05) is 0 Å². The number of hydrogen-bond acceptors (Lipinski definition) is 5. The van der Waals surface area contributed by atoms with E-state index < -0.39 is 29.4 Å². The Labute approximate surface area is 167 Å². The van der Waals surface area contributed by atoms with Crippen molar-refractivity contribution in [3.8, 4) is 0 Å². The standard InChI is InChI=1S/C22H32O6/c1-4-5-6-7-11-16-27-21(26)22(17(2)3,18-12-9-8-10-13-18)28-20(25)15-14-19(23)24/h8-10,12-13,17H,4-7,11,14-16H2,1-3H3,(H,23,24). The number of benzene rings is 1. The smallest absolute Gasteiger partial charge is 0.355 e. The van der Waals surface area contributed by atoms with Gasteiger partial charge in [-0.3, -0.25) is 9.59 Å². The third kappa shape index (κ3) is 6.98. The van der Waals surface area contributed by atoms with Crippen molar-refractivity contribution in [2.24, 2.45) is 5.92 Å². The number of unbranched alkanes of at least 4 members (excludes halogenated alkanes) is 4. The minimum absolute atomic E-state index is 0.260. The molecule has 28 heavy (non-hydrogen) atoms. The molecule has 1 atom stereocenters. The molecule has 1 rings (SSSR count). The molecule has 1 aromatic rings. The van der Waals surface area contributed by atoms with Crippen molar-refractivity contribution in [1.82, 2.24) is 0 Å². The van der Waals surface area contributed by atoms with Crippen LogP contribution in [0.5, 0.6) is 0 Å². The average molecular weight is 392 g/mol. The van der Waals surface area contributed by atoms with Crippen LogP contribution in [0.1, 0.15) is 71.3 Å². The summed E-state index contributed by atoms with van der Waals surface area (Å²) in [5, 5.41) is 8.80. The van der Waals surface area contributed by atoms with Gasteiger partial charge in [0, 0.05) is 11.5 Å². The lowest BCUT2D eigenvalue weighted by molar-refractivity contribution is -0.191. The molecule has 0 radical (unpaired) electrons. The molecule has 0 saturated carbocycles. The molecule has 0 aliphatic carbocycles. The average Bonchev–Trinajstić information content (AvgIpc) is 2.67. The van der Waals surface area contributed by atoms with Gasteiger partial charge in [0.05, 0.1) is 19.4 Å². The molecule has 0 saturated heterocycles. The maximum absolute atomic E-state index is 13.1. The van der Waals surface area contributed by atoms with Gasteiger partial charge in [0.2, 0.25) is 5.60 Å². The summed E-state index contributed by atoms with van der Waals surface area (Å²) in [7, 11) is 0. The number of carbonyl (C=O) groups excluding carboxylic acids is 2. The first-order chi connectivity index (χ1) is 13.3. The number of carboxylic acid groups (broad SMARTS) is 1. The fourth-order valence-corrected chi connectivity index (χ4v) is 3.01. The van der Waals surface area contributed by atoms with Crippen LogP contribution in [0.15, 0.2) is 30.3 Å². The van der Waals surface area contributed by atoms with Crippen molar-refractivity contribution in [1.29, 1.82) is 0 Å². The fourth-order valence-electron chi connectivity index (χ4n) is 3.01. The van der Waals surface area contributed by atoms with Crippen molar-refractivity contribution < 1.29 is 29.0 Å². The highest BCUT2D eigenvalue weighted by Crippen LogP contribution is 2.36. The van der Waals surface area contributed by atoms with Gasteiger partial charge >= 0.3 is 17.9 Å². The number of hydrogen-bond donors (Lipinski definition) is 1. The Morgan fingerprint density at radius 2 is 1.64 bits per heavy atom. The second-order valence-corrected chi connectivity index (χ2v) is 7.17. The van der Waals surface area contributed by atoms with Gasteiger partial charge in [-0.2, -0.15) is 0 Å². The SMILES string of the molecule is CCCCCCCOC(=O)C(OC(=O)CCC(=O)O)(c1ccccc1)C(C)C. The quantitative estimate of drug-likeness (QED) is 0.394. The normalized spacial score (nSPS) is 13.0. The van der Waals surface area contributed by atoms with Crippen molar-refractivity contribution in [3.63, 3.8) is 0 Å². The molecule has 1 aromatic carbocycles. The van der Waals surface area contributed by atoms with Crippen molar-refractivity contribution in [2.45, 2.75) is 71.3 Å². The van der Waals surface area contributed by atoms with E-state index in [0.29, 0.717) is 5.56 Å². The lowest BCUT2D eigenvalue weighted by atomic mass is 9.83. The van der Waals surface area contributed by atoms with E-state index in [1.54, 1.807) is 44.2 Å². The molecule has 0 aliphatic heterocycles. The first kappa shape index (κ1) is 23.7. The topological polar surface area (TPSA) is 89.9 Å². The zero-order valence-electron chi connectivity index (χ0n) is 17.1. The highest BCUT2D eigenvalue weighted by atomic mass is 16.6. The highest BCUT2D eigenvalue weighted by Gasteiger charge is 2.48. The summed E-state index contributed by atoms with van der Waals surface area (Å²) in [6.07, 6.45) is 4.44. The molecule has 0 amide bonds. The molecule has 6 nitrogen and oxygen atoms in total. The van der Waals surface area contributed by atoms with Crippen LogP contribution in [0.4, 0.5) is 0 Å². The first-order valence-corrected chi connectivity index (χ1v) is 10.0. The fraction of sp³-hybridized carbons (Fsp3) is 0.591. The van der Waals surface area contributed by atoms with E-state index in [2.05, 4.69) is 6.92 Å². The van der Waals surface area contributed by atoms with Crippen molar-refractivity contribution in [3.05, 3.63) is 35.9 Å². The van der Waals surface area contributed by atoms with Crippen LogP contribution in [-0.4, -0.2) is 29.6 Å². The van der Waals surface area contributed by atoms with Crippen LogP contribution in [-0.2, 0) is 29.5 Å². The lowest BCUT2D eigenvalue weighted by Crippen LogP contribution is -2.46. The summed E-state index contributed by atoms with van der Waals surface area (Å²) in [5.74, 6) is -2.84. The van der Waals surface area contributed by atoms with Gasteiger partial charge in [0.25, 0.3) is 0 Å². The predicted octanol–water partition coefficient (Wildman–Crippen LogP) is 4.46. The molecule has 0 heterocycles. The monoisotopic (exact) mass is 392 g/mol. The van der Waals surface area contributed by atoms with Gasteiger partial charge in [-0.25, -0.2) is 4.79 Å². The summed E-state index contributed by atoms with van der Waals surface area (Å²) in [6, 6.07) is 8.75. The van der Waals surface area contributed by atoms with Gasteiger partial charge < -0.3 is 14.6 Å². The Morgan fingerprint density at radius 1 is 1.00 bits per heavy atom. The zero-order valence-corrected chi connectivity index (χ0v) is 17.1. The second-order valence-electron chi connectivity index (χ2n) is 7.17. The minimum atomic E-state index is -1.60. The van der Waals surface area contributed by atoms with Gasteiger partial charge in [0.15, 0.2) is 0 Å². The van der Waals surface area contributed by atoms with Crippen molar-refractivity contribution in [2.75, 3.05) is 6.61 Å². The molecule has 0 aliphatic rings. The van der Waals surface area contributed by atoms with Crippen LogP contribution in [0.25, 0.3) is 0 Å². The maximum atomic E-state index is 13.1. The van der Waals surface area contributed by atoms with Crippen LogP contribution in [0.3, 0.4) is 0 Å². The van der Waals surface area contributed by atoms with Crippen LogP contribution in [0.2, 0.25) is 0 Å². The first-order valence-electron chi connectivity index (χ1n) is 10.0. The Morgan fingerprint density at radius 3 is 2.21 bits per heavy atom. The van der Waals surface area contributed by atoms with E-state index in [-0.39, 0.29) is 19.4 Å². The van der Waals surface area contributed by atoms with E-state index in [4.69, 9.17) is 14.6 Å². The van der Waals surface area contributed by atoms with Crippen LogP contribution in [0, 0.1) is 5.92 Å². The lowest BCUT2D eigenvalue weighted by Gasteiger charge is -2.35. The Balaban J connectivity index is 2.97. The van der Waals surface area contributed by atoms with E-state index >= 15 is 0 Å². The number of ether oxygens (including phenoxy) is 2. The third-order valence-corrected chi connectivity index (χ3v) is 4.62. The third-order valence-electron chi connectivity index (χ3n) is 4.62. The van der Waals surface area contributed by atoms with Crippen LogP contribution < -0.4 is 0 Å². The molecule has 0 bridgehead atoms. The summed E-state index contributed by atoms with van der Waals surface area (Å²) < 4.78 is 11.1. The van der Waals surface area contributed by atoms with Gasteiger partial charge in [0.1, 0.15) is 0 Å². The Bertz CT molecular complexity index is 625. The van der Waals surface area contributed by atoms with E-state index in [0.717, 1.165) is 32.1 Å². The molecule has 1 N–H and O–H groups in total. The van der Waals surface area contributed by atoms with Gasteiger partial charge in [-0.15, -0.1) is 0 Å². The predicted molar refractivity (Wildman–Crippen MR) is 106 cm³/mol. The summed E-state index contributed by atoms with van der Waals surface area (Å²) in [4.78, 5) is 36.1. The molecular formula is C22H32O6. The number of aliphatic carboxylic acids is 1. The molecule has 156 valence electrons. The summed E-state index contributed by atoms with van der Waals surface area (Å²) >= 11 is 0. The van der Waals surface area contributed by atoms with E-state index in [9.17, 15) is 14.4 Å². The minimum Gasteiger partial charge on any atom is -0.481 e. The molecular weight excluding hydrogens is 360 g/mol.